The highest BCUT2D eigenvalue weighted by Crippen LogP contribution is 2.67. The molecule has 0 N–H and O–H groups in total. The molecule has 0 unspecified atom stereocenters. The van der Waals surface area contributed by atoms with Crippen molar-refractivity contribution >= 4 is 69.5 Å². The van der Waals surface area contributed by atoms with E-state index in [0.29, 0.717) is 17.6 Å². The number of alkyl halides is 4. The lowest BCUT2D eigenvalue weighted by Gasteiger charge is -2.37. The van der Waals surface area contributed by atoms with Crippen LogP contribution in [0.25, 0.3) is 0 Å². The molecule has 5 heteroatoms. The molecule has 2 atom stereocenters. The molecular formula is C29H30Br4O. The average molecular weight is 714 g/mol. The van der Waals surface area contributed by atoms with E-state index in [1.54, 1.807) is 0 Å². The van der Waals surface area contributed by atoms with E-state index >= 15 is 0 Å². The molecular weight excluding hydrogens is 684 g/mol. The van der Waals surface area contributed by atoms with Crippen LogP contribution in [-0.4, -0.2) is 5.78 Å². The van der Waals surface area contributed by atoms with E-state index in [2.05, 4.69) is 88.0 Å². The largest absolute Gasteiger partial charge is 0.298 e. The summed E-state index contributed by atoms with van der Waals surface area (Å²) in [6.07, 6.45) is 8.89. The van der Waals surface area contributed by atoms with Gasteiger partial charge in [0.2, 0.25) is 0 Å². The minimum atomic E-state index is -0.180. The number of rotatable bonds is 4. The fraction of sp³-hybridized carbons (Fsp3) is 0.552. The average Bonchev–Trinajstić information content (AvgIpc) is 3.49. The highest BCUT2D eigenvalue weighted by atomic mass is 79.9. The van der Waals surface area contributed by atoms with E-state index in [9.17, 15) is 4.79 Å². The number of ketones is 1. The fourth-order valence-electron chi connectivity index (χ4n) is 8.35. The van der Waals surface area contributed by atoms with Crippen molar-refractivity contribution in [1.82, 2.24) is 0 Å². The van der Waals surface area contributed by atoms with Gasteiger partial charge in [0.15, 0.2) is 0 Å². The quantitative estimate of drug-likeness (QED) is 0.291. The highest BCUT2D eigenvalue weighted by molar-refractivity contribution is 9.09. The molecule has 2 aromatic rings. The molecule has 1 nitrogen and oxygen atoms in total. The maximum Gasteiger partial charge on any atom is 0.147 e. The van der Waals surface area contributed by atoms with E-state index in [1.807, 2.05) is 0 Å². The standard InChI is InChI=1S/C29H30Br4O/c30-13-21-5-17-9-28(10-18(17)6-22(21)14-31)25-3-1-2-4-26(25)29(27(28)34)11-19-7-23(15-32)24(16-33)8-20(19)12-29/h5-8,25-26H,1-4,9-16H2/t25-,26+. The van der Waals surface area contributed by atoms with Crippen LogP contribution >= 0.6 is 63.7 Å². The van der Waals surface area contributed by atoms with Gasteiger partial charge >= 0.3 is 0 Å². The van der Waals surface area contributed by atoms with Gasteiger partial charge in [0, 0.05) is 32.2 Å². The molecule has 2 saturated carbocycles. The Kier molecular flexibility index (Phi) is 6.52. The lowest BCUT2D eigenvalue weighted by atomic mass is 9.66. The van der Waals surface area contributed by atoms with Gasteiger partial charge in [-0.2, -0.15) is 0 Å². The van der Waals surface area contributed by atoms with Crippen LogP contribution in [0.5, 0.6) is 0 Å². The van der Waals surface area contributed by atoms with Crippen molar-refractivity contribution in [2.75, 3.05) is 0 Å². The summed E-state index contributed by atoms with van der Waals surface area (Å²) in [6, 6.07) is 9.61. The molecule has 2 fully saturated rings. The van der Waals surface area contributed by atoms with Crippen molar-refractivity contribution in [1.29, 1.82) is 0 Å². The first-order chi connectivity index (χ1) is 16.5. The van der Waals surface area contributed by atoms with Crippen molar-refractivity contribution in [3.05, 3.63) is 68.8 Å². The Bertz CT molecular complexity index is 1010. The van der Waals surface area contributed by atoms with Gasteiger partial charge in [0.05, 0.1) is 0 Å². The van der Waals surface area contributed by atoms with Gasteiger partial charge in [-0.25, -0.2) is 0 Å². The molecule has 0 saturated heterocycles. The zero-order chi connectivity index (χ0) is 23.7. The van der Waals surface area contributed by atoms with E-state index in [0.717, 1.165) is 47.0 Å². The van der Waals surface area contributed by atoms with Crippen molar-refractivity contribution in [3.63, 3.8) is 0 Å². The molecule has 0 radical (unpaired) electrons. The molecule has 34 heavy (non-hydrogen) atoms. The van der Waals surface area contributed by atoms with Crippen LogP contribution in [-0.2, 0) is 51.8 Å². The van der Waals surface area contributed by atoms with E-state index < -0.39 is 0 Å². The number of carbonyl (C=O) groups is 1. The predicted octanol–water partition coefficient (Wildman–Crippen LogP) is 8.53. The second-order valence-electron chi connectivity index (χ2n) is 11.2. The van der Waals surface area contributed by atoms with Crippen LogP contribution in [0.2, 0.25) is 0 Å². The van der Waals surface area contributed by atoms with Crippen LogP contribution in [0, 0.1) is 22.7 Å². The molecule has 6 rings (SSSR count). The first kappa shape index (κ1) is 24.4. The van der Waals surface area contributed by atoms with Crippen molar-refractivity contribution in [2.24, 2.45) is 22.7 Å². The molecule has 4 aliphatic rings. The molecule has 0 amide bonds. The van der Waals surface area contributed by atoms with Crippen LogP contribution in [0.4, 0.5) is 0 Å². The minimum absolute atomic E-state index is 0.180. The molecule has 0 aromatic heterocycles. The second-order valence-corrected chi connectivity index (χ2v) is 13.4. The monoisotopic (exact) mass is 710 g/mol. The number of carbonyl (C=O) groups excluding carboxylic acids is 1. The smallest absolute Gasteiger partial charge is 0.147 e. The summed E-state index contributed by atoms with van der Waals surface area (Å²) in [4.78, 5) is 14.8. The lowest BCUT2D eigenvalue weighted by molar-refractivity contribution is -0.134. The zero-order valence-corrected chi connectivity index (χ0v) is 25.7. The number of fused-ring (bicyclic) bond motifs is 5. The summed E-state index contributed by atoms with van der Waals surface area (Å²) in [5, 5.41) is 3.50. The Morgan fingerprint density at radius 3 is 1.15 bits per heavy atom. The van der Waals surface area contributed by atoms with Gasteiger partial charge in [-0.3, -0.25) is 4.79 Å². The third-order valence-electron chi connectivity index (χ3n) is 9.73. The molecule has 180 valence electrons. The van der Waals surface area contributed by atoms with Crippen LogP contribution < -0.4 is 0 Å². The van der Waals surface area contributed by atoms with Crippen LogP contribution in [0.15, 0.2) is 24.3 Å². The normalized spacial score (nSPS) is 25.7. The van der Waals surface area contributed by atoms with Crippen molar-refractivity contribution < 1.29 is 4.79 Å². The summed E-state index contributed by atoms with van der Waals surface area (Å²) >= 11 is 14.8. The number of benzene rings is 2. The molecule has 2 spiro atoms. The second kappa shape index (κ2) is 9.10. The summed E-state index contributed by atoms with van der Waals surface area (Å²) in [5.74, 6) is 1.70. The summed E-state index contributed by atoms with van der Waals surface area (Å²) in [7, 11) is 0. The van der Waals surface area contributed by atoms with Gasteiger partial charge < -0.3 is 0 Å². The van der Waals surface area contributed by atoms with Gasteiger partial charge in [0.25, 0.3) is 0 Å². The predicted molar refractivity (Wildman–Crippen MR) is 154 cm³/mol. The SMILES string of the molecule is O=C1C2(Cc3cc(CBr)c(CBr)cc3C2)[C@@H]2CCCC[C@@H]2C12Cc1cc(CBr)c(CBr)cc1C2. The first-order valence-electron chi connectivity index (χ1n) is 12.6. The fourth-order valence-corrected chi connectivity index (χ4v) is 10.4. The molecule has 2 aromatic carbocycles. The maximum absolute atomic E-state index is 14.8. The lowest BCUT2D eigenvalue weighted by Crippen LogP contribution is -2.39. The van der Waals surface area contributed by atoms with Crippen LogP contribution in [0.1, 0.15) is 70.2 Å². The Balaban J connectivity index is 1.43. The van der Waals surface area contributed by atoms with E-state index in [4.69, 9.17) is 0 Å². The number of Topliss-reactive ketones (excluding diaryl/α,β-unsaturated/α-hetero) is 1. The van der Waals surface area contributed by atoms with Gasteiger partial charge in [-0.15, -0.1) is 0 Å². The highest BCUT2D eigenvalue weighted by Gasteiger charge is 2.69. The molecule has 0 aliphatic heterocycles. The van der Waals surface area contributed by atoms with E-state index in [1.165, 1.54) is 70.2 Å². The Morgan fingerprint density at radius 1 is 0.588 bits per heavy atom. The third kappa shape index (κ3) is 3.42. The van der Waals surface area contributed by atoms with Crippen molar-refractivity contribution in [3.8, 4) is 0 Å². The molecule has 0 bridgehead atoms. The van der Waals surface area contributed by atoms with Gasteiger partial charge in [-0.1, -0.05) is 101 Å². The Morgan fingerprint density at radius 2 is 0.882 bits per heavy atom. The van der Waals surface area contributed by atoms with Crippen LogP contribution in [0.3, 0.4) is 0 Å². The van der Waals surface area contributed by atoms with Gasteiger partial charge in [0.1, 0.15) is 5.78 Å². The van der Waals surface area contributed by atoms with E-state index in [-0.39, 0.29) is 10.8 Å². The maximum atomic E-state index is 14.8. The summed E-state index contributed by atoms with van der Waals surface area (Å²) in [5.41, 5.74) is 10.9. The minimum Gasteiger partial charge on any atom is -0.298 e. The number of hydrogen-bond donors (Lipinski definition) is 0. The Hall–Kier alpha value is 0.0300. The molecule has 4 aliphatic carbocycles. The molecule has 0 heterocycles. The summed E-state index contributed by atoms with van der Waals surface area (Å²) in [6.45, 7) is 0. The Labute approximate surface area is 236 Å². The van der Waals surface area contributed by atoms with Gasteiger partial charge in [-0.05, 0) is 94.9 Å². The third-order valence-corrected chi connectivity index (χ3v) is 12.1. The number of halogens is 4. The topological polar surface area (TPSA) is 17.1 Å². The zero-order valence-electron chi connectivity index (χ0n) is 19.4. The first-order valence-corrected chi connectivity index (χ1v) is 17.0. The summed E-state index contributed by atoms with van der Waals surface area (Å²) < 4.78 is 0. The number of hydrogen-bond acceptors (Lipinski definition) is 1. The van der Waals surface area contributed by atoms with Crippen molar-refractivity contribution in [2.45, 2.75) is 72.7 Å².